The number of hydrogen-bond acceptors (Lipinski definition) is 0. The van der Waals surface area contributed by atoms with Crippen LogP contribution in [0.1, 0.15) is 51.4 Å². The zero-order chi connectivity index (χ0) is 11.5. The van der Waals surface area contributed by atoms with Gasteiger partial charge < -0.3 is 0 Å². The van der Waals surface area contributed by atoms with Gasteiger partial charge in [-0.3, -0.25) is 0 Å². The summed E-state index contributed by atoms with van der Waals surface area (Å²) in [6.45, 7) is 0. The molecule has 94 valence electrons. The summed E-state index contributed by atoms with van der Waals surface area (Å²) in [6.07, 6.45) is 23.2. The van der Waals surface area contributed by atoms with Crippen LogP contribution in [0.5, 0.6) is 0 Å². The second-order valence-electron chi connectivity index (χ2n) is 6.01. The molecule has 0 spiro atoms. The molecule has 0 amide bonds. The van der Waals surface area contributed by atoms with E-state index in [0.29, 0.717) is 7.92 Å². The van der Waals surface area contributed by atoms with Gasteiger partial charge in [-0.1, -0.05) is 57.9 Å². The summed E-state index contributed by atoms with van der Waals surface area (Å²) in [4.78, 5) is 0. The Kier molecular flexibility index (Phi) is 4.01. The van der Waals surface area contributed by atoms with Gasteiger partial charge in [0.1, 0.15) is 0 Å². The van der Waals surface area contributed by atoms with E-state index in [0.717, 1.165) is 17.2 Å². The van der Waals surface area contributed by atoms with Crippen LogP contribution in [-0.4, -0.2) is 17.5 Å². The standard InChI is InChI=1S/C16H25P/c1-2-8-14(7-1)13-17(15-9-3-4-10-15)16-11-5-6-12-16/h1-2,7-8,14-16H,3-6,9-13H2. The van der Waals surface area contributed by atoms with Crippen molar-refractivity contribution in [2.24, 2.45) is 5.92 Å². The minimum absolute atomic E-state index is 0.324. The average Bonchev–Trinajstić information content (AvgIpc) is 3.09. The van der Waals surface area contributed by atoms with Crippen molar-refractivity contribution in [1.82, 2.24) is 0 Å². The highest BCUT2D eigenvalue weighted by molar-refractivity contribution is 7.59. The lowest BCUT2D eigenvalue weighted by Crippen LogP contribution is -2.15. The minimum Gasteiger partial charge on any atom is -0.0994 e. The second kappa shape index (κ2) is 5.70. The predicted octanol–water partition coefficient (Wildman–Crippen LogP) is 5.10. The molecule has 2 saturated carbocycles. The molecule has 0 N–H and O–H groups in total. The summed E-state index contributed by atoms with van der Waals surface area (Å²) in [5.41, 5.74) is 2.27. The van der Waals surface area contributed by atoms with E-state index in [4.69, 9.17) is 0 Å². The van der Waals surface area contributed by atoms with Crippen LogP contribution in [0.4, 0.5) is 0 Å². The van der Waals surface area contributed by atoms with Gasteiger partial charge in [-0.2, -0.15) is 0 Å². The fraction of sp³-hybridized carbons (Fsp3) is 0.750. The van der Waals surface area contributed by atoms with E-state index in [1.54, 1.807) is 25.7 Å². The van der Waals surface area contributed by atoms with Crippen LogP contribution in [-0.2, 0) is 0 Å². The van der Waals surface area contributed by atoms with Crippen molar-refractivity contribution in [3.8, 4) is 0 Å². The van der Waals surface area contributed by atoms with Crippen molar-refractivity contribution in [3.63, 3.8) is 0 Å². The van der Waals surface area contributed by atoms with Crippen LogP contribution >= 0.6 is 7.92 Å². The molecule has 0 aromatic carbocycles. The fourth-order valence-electron chi connectivity index (χ4n) is 3.91. The van der Waals surface area contributed by atoms with E-state index in [2.05, 4.69) is 24.3 Å². The Morgan fingerprint density at radius 3 is 1.71 bits per heavy atom. The van der Waals surface area contributed by atoms with Crippen molar-refractivity contribution in [2.75, 3.05) is 6.16 Å². The highest BCUT2D eigenvalue weighted by atomic mass is 31.1. The van der Waals surface area contributed by atoms with Crippen LogP contribution in [0.3, 0.4) is 0 Å². The van der Waals surface area contributed by atoms with E-state index >= 15 is 0 Å². The molecule has 0 radical (unpaired) electrons. The summed E-state index contributed by atoms with van der Waals surface area (Å²) in [5, 5.41) is 0. The van der Waals surface area contributed by atoms with Crippen molar-refractivity contribution in [1.29, 1.82) is 0 Å². The maximum Gasteiger partial charge on any atom is -0.000779 e. The lowest BCUT2D eigenvalue weighted by Gasteiger charge is -2.31. The molecule has 0 aromatic rings. The highest BCUT2D eigenvalue weighted by Crippen LogP contribution is 2.58. The first-order valence-corrected chi connectivity index (χ1v) is 9.21. The number of rotatable bonds is 4. The molecule has 17 heavy (non-hydrogen) atoms. The van der Waals surface area contributed by atoms with E-state index in [1.165, 1.54) is 31.8 Å². The molecular weight excluding hydrogens is 223 g/mol. The molecule has 3 aliphatic carbocycles. The molecule has 0 aromatic heterocycles. The fourth-order valence-corrected chi connectivity index (χ4v) is 7.89. The topological polar surface area (TPSA) is 0 Å². The van der Waals surface area contributed by atoms with Gasteiger partial charge in [0.05, 0.1) is 0 Å². The minimum atomic E-state index is 0.324. The number of allylic oxidation sites excluding steroid dienone is 4. The van der Waals surface area contributed by atoms with Gasteiger partial charge in [0.2, 0.25) is 0 Å². The Morgan fingerprint density at radius 1 is 0.765 bits per heavy atom. The summed E-state index contributed by atoms with van der Waals surface area (Å²) in [7, 11) is 0.324. The lowest BCUT2D eigenvalue weighted by atomic mass is 10.2. The average molecular weight is 248 g/mol. The SMILES string of the molecule is C1=CC(CP(C2CCCC2)C2CCCC2)C=C1. The molecule has 3 rings (SSSR count). The molecule has 3 aliphatic rings. The third-order valence-corrected chi connectivity index (χ3v) is 8.59. The van der Waals surface area contributed by atoms with Gasteiger partial charge in [-0.15, -0.1) is 0 Å². The molecule has 0 atom stereocenters. The lowest BCUT2D eigenvalue weighted by molar-refractivity contribution is 0.808. The van der Waals surface area contributed by atoms with Crippen molar-refractivity contribution in [2.45, 2.75) is 62.7 Å². The quantitative estimate of drug-likeness (QED) is 0.607. The molecule has 0 aliphatic heterocycles. The van der Waals surface area contributed by atoms with Gasteiger partial charge in [0.25, 0.3) is 0 Å². The molecule has 0 nitrogen and oxygen atoms in total. The Hall–Kier alpha value is -0.0900. The van der Waals surface area contributed by atoms with Gasteiger partial charge >= 0.3 is 0 Å². The first-order chi connectivity index (χ1) is 8.43. The maximum absolute atomic E-state index is 2.43. The monoisotopic (exact) mass is 248 g/mol. The van der Waals surface area contributed by atoms with Crippen molar-refractivity contribution < 1.29 is 0 Å². The first kappa shape index (κ1) is 12.0. The molecule has 0 unspecified atom stereocenters. The summed E-state index contributed by atoms with van der Waals surface area (Å²) in [6, 6.07) is 0. The molecular formula is C16H25P. The Morgan fingerprint density at radius 2 is 1.24 bits per heavy atom. The van der Waals surface area contributed by atoms with E-state index in [-0.39, 0.29) is 0 Å². The molecule has 1 heteroatoms. The Labute approximate surface area is 107 Å². The van der Waals surface area contributed by atoms with Crippen LogP contribution < -0.4 is 0 Å². The molecule has 0 heterocycles. The molecule has 2 fully saturated rings. The largest absolute Gasteiger partial charge is 0.0994 e. The van der Waals surface area contributed by atoms with Gasteiger partial charge in [0, 0.05) is 0 Å². The smallest absolute Gasteiger partial charge is 0.000779 e. The van der Waals surface area contributed by atoms with Gasteiger partial charge in [0.15, 0.2) is 0 Å². The van der Waals surface area contributed by atoms with Crippen LogP contribution in [0.25, 0.3) is 0 Å². The third-order valence-electron chi connectivity index (χ3n) is 4.84. The van der Waals surface area contributed by atoms with Crippen LogP contribution in [0, 0.1) is 5.92 Å². The Bertz CT molecular complexity index is 265. The van der Waals surface area contributed by atoms with Crippen LogP contribution in [0.15, 0.2) is 24.3 Å². The predicted molar refractivity (Wildman–Crippen MR) is 78.1 cm³/mol. The van der Waals surface area contributed by atoms with Crippen molar-refractivity contribution in [3.05, 3.63) is 24.3 Å². The summed E-state index contributed by atoms with van der Waals surface area (Å²) < 4.78 is 0. The van der Waals surface area contributed by atoms with E-state index in [1.807, 2.05) is 0 Å². The first-order valence-electron chi connectivity index (χ1n) is 7.54. The zero-order valence-electron chi connectivity index (χ0n) is 10.9. The Balaban J connectivity index is 1.65. The van der Waals surface area contributed by atoms with E-state index < -0.39 is 0 Å². The summed E-state index contributed by atoms with van der Waals surface area (Å²) in [5.74, 6) is 0.794. The summed E-state index contributed by atoms with van der Waals surface area (Å²) >= 11 is 0. The van der Waals surface area contributed by atoms with Crippen LogP contribution in [0.2, 0.25) is 0 Å². The van der Waals surface area contributed by atoms with Crippen molar-refractivity contribution >= 4 is 7.92 Å². The van der Waals surface area contributed by atoms with Gasteiger partial charge in [-0.25, -0.2) is 0 Å². The third kappa shape index (κ3) is 2.84. The number of hydrogen-bond donors (Lipinski definition) is 0. The van der Waals surface area contributed by atoms with E-state index in [9.17, 15) is 0 Å². The second-order valence-corrected chi connectivity index (χ2v) is 8.86. The maximum atomic E-state index is 2.43. The molecule has 0 saturated heterocycles. The highest BCUT2D eigenvalue weighted by Gasteiger charge is 2.33. The molecule has 0 bridgehead atoms. The normalized spacial score (nSPS) is 26.9. The zero-order valence-corrected chi connectivity index (χ0v) is 11.7. The van der Waals surface area contributed by atoms with Gasteiger partial charge in [-0.05, 0) is 49.1 Å².